The topological polar surface area (TPSA) is 67.4 Å². The minimum absolute atomic E-state index is 0.0717. The van der Waals surface area contributed by atoms with E-state index in [-0.39, 0.29) is 23.8 Å². The van der Waals surface area contributed by atoms with Crippen molar-refractivity contribution in [3.05, 3.63) is 29.8 Å². The van der Waals surface area contributed by atoms with Crippen molar-refractivity contribution in [3.8, 4) is 5.75 Å². The van der Waals surface area contributed by atoms with Crippen LogP contribution in [0.1, 0.15) is 57.4 Å². The van der Waals surface area contributed by atoms with Gasteiger partial charge in [0.05, 0.1) is 0 Å². The van der Waals surface area contributed by atoms with Gasteiger partial charge in [-0.2, -0.15) is 0 Å². The fourth-order valence-corrected chi connectivity index (χ4v) is 6.04. The molecular weight excluding hydrogens is 340 g/mol. The van der Waals surface area contributed by atoms with E-state index in [1.807, 2.05) is 24.3 Å². The predicted molar refractivity (Wildman–Crippen MR) is 103 cm³/mol. The third-order valence-corrected chi connectivity index (χ3v) is 6.74. The zero-order valence-electron chi connectivity index (χ0n) is 16.1. The predicted octanol–water partition coefficient (Wildman–Crippen LogP) is 3.38. The second kappa shape index (κ2) is 7.53. The Labute approximate surface area is 161 Å². The molecule has 2 amide bonds. The van der Waals surface area contributed by atoms with Crippen molar-refractivity contribution in [1.82, 2.24) is 10.9 Å². The van der Waals surface area contributed by atoms with Crippen LogP contribution in [0.25, 0.3) is 0 Å². The molecule has 0 atom stereocenters. The van der Waals surface area contributed by atoms with Crippen molar-refractivity contribution in [3.63, 3.8) is 0 Å². The first-order valence-electron chi connectivity index (χ1n) is 10.3. The largest absolute Gasteiger partial charge is 0.484 e. The molecule has 5 nitrogen and oxygen atoms in total. The van der Waals surface area contributed by atoms with E-state index in [0.29, 0.717) is 12.2 Å². The van der Waals surface area contributed by atoms with Crippen molar-refractivity contribution in [2.24, 2.45) is 23.2 Å². The van der Waals surface area contributed by atoms with Crippen LogP contribution in [-0.2, 0) is 16.0 Å². The van der Waals surface area contributed by atoms with Gasteiger partial charge >= 0.3 is 0 Å². The van der Waals surface area contributed by atoms with Crippen molar-refractivity contribution in [2.75, 3.05) is 6.61 Å². The van der Waals surface area contributed by atoms with E-state index in [2.05, 4.69) is 17.8 Å². The molecule has 0 spiro atoms. The van der Waals surface area contributed by atoms with E-state index >= 15 is 0 Å². The van der Waals surface area contributed by atoms with E-state index in [0.717, 1.165) is 24.2 Å². The highest BCUT2D eigenvalue weighted by atomic mass is 16.5. The maximum atomic E-state index is 12.4. The smallest absolute Gasteiger partial charge is 0.276 e. The zero-order valence-corrected chi connectivity index (χ0v) is 16.1. The van der Waals surface area contributed by atoms with Gasteiger partial charge in [0.15, 0.2) is 6.61 Å². The van der Waals surface area contributed by atoms with Crippen LogP contribution in [0.4, 0.5) is 0 Å². The fourth-order valence-electron chi connectivity index (χ4n) is 6.04. The number of carbonyl (C=O) groups excluding carboxylic acids is 2. The number of rotatable bonds is 6. The van der Waals surface area contributed by atoms with Gasteiger partial charge in [-0.3, -0.25) is 20.4 Å². The molecule has 5 heteroatoms. The van der Waals surface area contributed by atoms with Crippen LogP contribution in [0.2, 0.25) is 0 Å². The molecule has 0 saturated heterocycles. The first-order valence-corrected chi connectivity index (χ1v) is 10.3. The van der Waals surface area contributed by atoms with Gasteiger partial charge < -0.3 is 4.74 Å². The number of ether oxygens (including phenoxy) is 1. The highest BCUT2D eigenvalue weighted by molar-refractivity contribution is 5.83. The van der Waals surface area contributed by atoms with E-state index in [1.165, 1.54) is 44.1 Å². The number of nitrogens with one attached hydrogen (secondary N) is 2. The monoisotopic (exact) mass is 370 g/mol. The lowest BCUT2D eigenvalue weighted by Gasteiger charge is -2.56. The summed E-state index contributed by atoms with van der Waals surface area (Å²) in [5, 5.41) is 0. The lowest BCUT2D eigenvalue weighted by atomic mass is 9.49. The van der Waals surface area contributed by atoms with Crippen molar-refractivity contribution < 1.29 is 14.3 Å². The Morgan fingerprint density at radius 1 is 0.963 bits per heavy atom. The van der Waals surface area contributed by atoms with E-state index < -0.39 is 0 Å². The molecule has 5 rings (SSSR count). The summed E-state index contributed by atoms with van der Waals surface area (Å²) in [5.74, 6) is 2.72. The Morgan fingerprint density at radius 2 is 1.52 bits per heavy atom. The molecule has 2 N–H and O–H groups in total. The van der Waals surface area contributed by atoms with Crippen LogP contribution in [-0.4, -0.2) is 18.4 Å². The molecule has 27 heavy (non-hydrogen) atoms. The lowest BCUT2D eigenvalue weighted by Crippen LogP contribution is -2.50. The van der Waals surface area contributed by atoms with Gasteiger partial charge in [-0.15, -0.1) is 0 Å². The van der Waals surface area contributed by atoms with Crippen molar-refractivity contribution in [2.45, 2.75) is 58.3 Å². The lowest BCUT2D eigenvalue weighted by molar-refractivity contribution is -0.134. The molecule has 146 valence electrons. The minimum Gasteiger partial charge on any atom is -0.484 e. The van der Waals surface area contributed by atoms with Crippen LogP contribution in [0.3, 0.4) is 0 Å². The standard InChI is InChI=1S/C22H30N2O3/c1-2-15-3-5-19(6-4-15)27-14-21(26)24-23-20(25)13-22-10-16-7-17(11-22)9-18(8-16)12-22/h3-6,16-18H,2,7-14H2,1H3,(H,23,25)(H,24,26). The van der Waals surface area contributed by atoms with Gasteiger partial charge in [0.2, 0.25) is 5.91 Å². The molecule has 0 unspecified atom stereocenters. The van der Waals surface area contributed by atoms with Crippen molar-refractivity contribution in [1.29, 1.82) is 0 Å². The molecule has 0 radical (unpaired) electrons. The third-order valence-electron chi connectivity index (χ3n) is 6.74. The van der Waals surface area contributed by atoms with Gasteiger partial charge in [-0.1, -0.05) is 19.1 Å². The van der Waals surface area contributed by atoms with Gasteiger partial charge in [0.25, 0.3) is 5.91 Å². The summed E-state index contributed by atoms with van der Waals surface area (Å²) < 4.78 is 5.47. The summed E-state index contributed by atoms with van der Waals surface area (Å²) >= 11 is 0. The third kappa shape index (κ3) is 4.28. The molecule has 0 heterocycles. The number of amides is 2. The van der Waals surface area contributed by atoms with Crippen LogP contribution in [0.5, 0.6) is 5.75 Å². The number of hydrogen-bond donors (Lipinski definition) is 2. The number of hydrazine groups is 1. The number of aryl methyl sites for hydroxylation is 1. The number of hydrogen-bond acceptors (Lipinski definition) is 3. The first kappa shape index (κ1) is 18.3. The van der Waals surface area contributed by atoms with Crippen LogP contribution < -0.4 is 15.6 Å². The maximum absolute atomic E-state index is 12.4. The Hall–Kier alpha value is -2.04. The number of benzene rings is 1. The summed E-state index contributed by atoms with van der Waals surface area (Å²) in [6, 6.07) is 7.69. The van der Waals surface area contributed by atoms with Gasteiger partial charge in [-0.25, -0.2) is 0 Å². The molecule has 4 fully saturated rings. The molecule has 1 aromatic carbocycles. The van der Waals surface area contributed by atoms with Gasteiger partial charge in [0.1, 0.15) is 5.75 Å². The summed E-state index contributed by atoms with van der Waals surface area (Å²) in [4.78, 5) is 24.4. The Morgan fingerprint density at radius 3 is 2.07 bits per heavy atom. The van der Waals surface area contributed by atoms with E-state index in [9.17, 15) is 9.59 Å². The van der Waals surface area contributed by atoms with Crippen LogP contribution >= 0.6 is 0 Å². The van der Waals surface area contributed by atoms with Crippen molar-refractivity contribution >= 4 is 11.8 Å². The molecule has 0 aliphatic heterocycles. The fraction of sp³-hybridized carbons (Fsp3) is 0.636. The molecule has 4 aliphatic rings. The van der Waals surface area contributed by atoms with E-state index in [4.69, 9.17) is 4.74 Å². The highest BCUT2D eigenvalue weighted by Crippen LogP contribution is 2.61. The quantitative estimate of drug-likeness (QED) is 0.755. The van der Waals surface area contributed by atoms with E-state index in [1.54, 1.807) is 0 Å². The van der Waals surface area contributed by atoms with Crippen LogP contribution in [0.15, 0.2) is 24.3 Å². The Bertz CT molecular complexity index is 663. The summed E-state index contributed by atoms with van der Waals surface area (Å²) in [7, 11) is 0. The zero-order chi connectivity index (χ0) is 18.9. The summed E-state index contributed by atoms with van der Waals surface area (Å²) in [5.41, 5.74) is 6.50. The summed E-state index contributed by atoms with van der Waals surface area (Å²) in [6.45, 7) is 1.98. The van der Waals surface area contributed by atoms with Crippen LogP contribution in [0, 0.1) is 23.2 Å². The minimum atomic E-state index is -0.339. The normalized spacial score (nSPS) is 30.8. The molecule has 0 aromatic heterocycles. The van der Waals surface area contributed by atoms with Gasteiger partial charge in [-0.05, 0) is 85.8 Å². The molecule has 4 aliphatic carbocycles. The Balaban J connectivity index is 1.20. The average Bonchev–Trinajstić information content (AvgIpc) is 2.63. The molecule has 4 bridgehead atoms. The average molecular weight is 370 g/mol. The second-order valence-corrected chi connectivity index (χ2v) is 8.98. The molecule has 1 aromatic rings. The Kier molecular flexibility index (Phi) is 5.11. The SMILES string of the molecule is CCc1ccc(OCC(=O)NNC(=O)CC23CC4CC(CC(C4)C2)C3)cc1. The molecule has 4 saturated carbocycles. The van der Waals surface area contributed by atoms with Gasteiger partial charge in [0, 0.05) is 6.42 Å². The highest BCUT2D eigenvalue weighted by Gasteiger charge is 2.51. The summed E-state index contributed by atoms with van der Waals surface area (Å²) in [6.07, 6.45) is 9.19. The molecular formula is C22H30N2O3. The maximum Gasteiger partial charge on any atom is 0.276 e. The first-order chi connectivity index (χ1) is 13.0. The number of carbonyl (C=O) groups is 2. The second-order valence-electron chi connectivity index (χ2n) is 8.98.